The third kappa shape index (κ3) is 2.31. The molecule has 1 aliphatic rings. The van der Waals surface area contributed by atoms with Gasteiger partial charge in [0.05, 0.1) is 12.2 Å². The topological polar surface area (TPSA) is 38.1 Å². The van der Waals surface area contributed by atoms with E-state index >= 15 is 0 Å². The average molecular weight is 242 g/mol. The second-order valence-electron chi connectivity index (χ2n) is 4.96. The Balaban J connectivity index is 1.71. The number of fused-ring (bicyclic) bond motifs is 1. The molecular formula is C15H18N2O. The fourth-order valence-corrected chi connectivity index (χ4v) is 2.69. The van der Waals surface area contributed by atoms with Crippen LogP contribution < -0.4 is 5.32 Å². The first-order chi connectivity index (χ1) is 8.83. The molecule has 1 atom stereocenters. The molecule has 0 spiro atoms. The van der Waals surface area contributed by atoms with E-state index in [0.29, 0.717) is 6.04 Å². The van der Waals surface area contributed by atoms with Gasteiger partial charge in [-0.15, -0.1) is 0 Å². The number of benzene rings is 1. The highest BCUT2D eigenvalue weighted by Gasteiger charge is 2.19. The van der Waals surface area contributed by atoms with E-state index in [1.807, 2.05) is 13.0 Å². The maximum atomic E-state index is 5.23. The van der Waals surface area contributed by atoms with Gasteiger partial charge in [0.1, 0.15) is 0 Å². The zero-order valence-corrected chi connectivity index (χ0v) is 10.6. The van der Waals surface area contributed by atoms with Crippen molar-refractivity contribution in [3.05, 3.63) is 52.9 Å². The van der Waals surface area contributed by atoms with E-state index in [0.717, 1.165) is 18.0 Å². The van der Waals surface area contributed by atoms with Crippen LogP contribution in [-0.4, -0.2) is 5.16 Å². The molecule has 3 heteroatoms. The number of aryl methyl sites for hydroxylation is 2. The van der Waals surface area contributed by atoms with Gasteiger partial charge in [0.15, 0.2) is 5.76 Å². The molecule has 0 saturated carbocycles. The van der Waals surface area contributed by atoms with Crippen LogP contribution in [-0.2, 0) is 13.0 Å². The second-order valence-corrected chi connectivity index (χ2v) is 4.96. The number of nitrogens with zero attached hydrogens (tertiary/aromatic N) is 1. The van der Waals surface area contributed by atoms with Crippen molar-refractivity contribution in [2.45, 2.75) is 38.8 Å². The van der Waals surface area contributed by atoms with Gasteiger partial charge < -0.3 is 9.84 Å². The van der Waals surface area contributed by atoms with E-state index in [1.165, 1.54) is 30.4 Å². The highest BCUT2D eigenvalue weighted by molar-refractivity contribution is 5.32. The lowest BCUT2D eigenvalue weighted by Gasteiger charge is -2.26. The summed E-state index contributed by atoms with van der Waals surface area (Å²) in [6.07, 6.45) is 3.66. The van der Waals surface area contributed by atoms with Crippen LogP contribution in [0.2, 0.25) is 0 Å². The zero-order valence-electron chi connectivity index (χ0n) is 10.6. The van der Waals surface area contributed by atoms with E-state index in [2.05, 4.69) is 34.7 Å². The van der Waals surface area contributed by atoms with Gasteiger partial charge in [-0.1, -0.05) is 29.4 Å². The summed E-state index contributed by atoms with van der Waals surface area (Å²) < 4.78 is 5.23. The van der Waals surface area contributed by atoms with E-state index in [9.17, 15) is 0 Å². The van der Waals surface area contributed by atoms with Crippen molar-refractivity contribution >= 4 is 0 Å². The van der Waals surface area contributed by atoms with Crippen LogP contribution in [0.4, 0.5) is 0 Å². The molecule has 1 aliphatic carbocycles. The molecule has 18 heavy (non-hydrogen) atoms. The summed E-state index contributed by atoms with van der Waals surface area (Å²) in [5.74, 6) is 0.913. The van der Waals surface area contributed by atoms with Gasteiger partial charge in [-0.25, -0.2) is 0 Å². The van der Waals surface area contributed by atoms with Crippen LogP contribution in [0.3, 0.4) is 0 Å². The summed E-state index contributed by atoms with van der Waals surface area (Å²) in [4.78, 5) is 0. The standard InChI is InChI=1S/C15H18N2O/c1-11-9-13(18-17-11)10-16-15-8-4-6-12-5-2-3-7-14(12)15/h2-3,5,7,9,15-16H,4,6,8,10H2,1H3. The van der Waals surface area contributed by atoms with Crippen LogP contribution in [0.5, 0.6) is 0 Å². The van der Waals surface area contributed by atoms with Crippen LogP contribution >= 0.6 is 0 Å². The van der Waals surface area contributed by atoms with Crippen LogP contribution in [0.1, 0.15) is 41.5 Å². The fraction of sp³-hybridized carbons (Fsp3) is 0.400. The Morgan fingerprint density at radius 2 is 2.28 bits per heavy atom. The maximum Gasteiger partial charge on any atom is 0.150 e. The molecule has 1 aromatic heterocycles. The van der Waals surface area contributed by atoms with Gasteiger partial charge in [-0.05, 0) is 37.3 Å². The predicted octanol–water partition coefficient (Wildman–Crippen LogP) is 3.15. The monoisotopic (exact) mass is 242 g/mol. The number of hydrogen-bond acceptors (Lipinski definition) is 3. The Morgan fingerprint density at radius 1 is 1.39 bits per heavy atom. The minimum absolute atomic E-state index is 0.445. The third-order valence-electron chi connectivity index (χ3n) is 3.57. The maximum absolute atomic E-state index is 5.23. The quantitative estimate of drug-likeness (QED) is 0.898. The highest BCUT2D eigenvalue weighted by atomic mass is 16.5. The summed E-state index contributed by atoms with van der Waals surface area (Å²) in [7, 11) is 0. The van der Waals surface area contributed by atoms with Crippen molar-refractivity contribution < 1.29 is 4.52 Å². The van der Waals surface area contributed by atoms with Crippen molar-refractivity contribution in [3.8, 4) is 0 Å². The Hall–Kier alpha value is -1.61. The SMILES string of the molecule is Cc1cc(CNC2CCCc3ccccc32)on1. The first-order valence-electron chi connectivity index (χ1n) is 6.56. The minimum Gasteiger partial charge on any atom is -0.360 e. The highest BCUT2D eigenvalue weighted by Crippen LogP contribution is 2.29. The Morgan fingerprint density at radius 3 is 3.11 bits per heavy atom. The largest absolute Gasteiger partial charge is 0.360 e. The first-order valence-corrected chi connectivity index (χ1v) is 6.56. The van der Waals surface area contributed by atoms with Crippen molar-refractivity contribution in [2.24, 2.45) is 0 Å². The molecular weight excluding hydrogens is 224 g/mol. The fourth-order valence-electron chi connectivity index (χ4n) is 2.69. The van der Waals surface area contributed by atoms with Gasteiger partial charge in [0.25, 0.3) is 0 Å². The van der Waals surface area contributed by atoms with Crippen molar-refractivity contribution in [3.63, 3.8) is 0 Å². The Labute approximate surface area is 107 Å². The van der Waals surface area contributed by atoms with Crippen molar-refractivity contribution in [1.82, 2.24) is 10.5 Å². The Kier molecular flexibility index (Phi) is 3.15. The molecule has 3 rings (SSSR count). The molecule has 1 unspecified atom stereocenters. The number of aromatic nitrogens is 1. The van der Waals surface area contributed by atoms with Gasteiger partial charge >= 0.3 is 0 Å². The summed E-state index contributed by atoms with van der Waals surface area (Å²) in [6.45, 7) is 2.70. The molecule has 1 N–H and O–H groups in total. The van der Waals surface area contributed by atoms with Gasteiger partial charge in [0.2, 0.25) is 0 Å². The lowest BCUT2D eigenvalue weighted by Crippen LogP contribution is -2.24. The average Bonchev–Trinajstić information content (AvgIpc) is 2.82. The first kappa shape index (κ1) is 11.5. The zero-order chi connectivity index (χ0) is 12.4. The third-order valence-corrected chi connectivity index (χ3v) is 3.57. The lowest BCUT2D eigenvalue weighted by molar-refractivity contribution is 0.353. The van der Waals surface area contributed by atoms with E-state index < -0.39 is 0 Å². The van der Waals surface area contributed by atoms with Gasteiger partial charge in [-0.2, -0.15) is 0 Å². The summed E-state index contributed by atoms with van der Waals surface area (Å²) in [5.41, 5.74) is 3.87. The normalized spacial score (nSPS) is 18.6. The molecule has 1 aromatic carbocycles. The summed E-state index contributed by atoms with van der Waals surface area (Å²) in [5, 5.41) is 7.48. The number of rotatable bonds is 3. The predicted molar refractivity (Wildman–Crippen MR) is 70.2 cm³/mol. The van der Waals surface area contributed by atoms with Crippen molar-refractivity contribution in [2.75, 3.05) is 0 Å². The number of nitrogens with one attached hydrogen (secondary N) is 1. The molecule has 3 nitrogen and oxygen atoms in total. The lowest BCUT2D eigenvalue weighted by atomic mass is 9.88. The second kappa shape index (κ2) is 4.94. The molecule has 0 fully saturated rings. The van der Waals surface area contributed by atoms with Crippen LogP contribution in [0.25, 0.3) is 0 Å². The van der Waals surface area contributed by atoms with E-state index in [-0.39, 0.29) is 0 Å². The van der Waals surface area contributed by atoms with E-state index in [4.69, 9.17) is 4.52 Å². The van der Waals surface area contributed by atoms with E-state index in [1.54, 1.807) is 0 Å². The Bertz CT molecular complexity index is 533. The molecule has 0 amide bonds. The minimum atomic E-state index is 0.445. The smallest absolute Gasteiger partial charge is 0.150 e. The molecule has 1 heterocycles. The summed E-state index contributed by atoms with van der Waals surface area (Å²) in [6, 6.07) is 11.2. The molecule has 0 bridgehead atoms. The molecule has 94 valence electrons. The molecule has 0 aliphatic heterocycles. The number of hydrogen-bond donors (Lipinski definition) is 1. The molecule has 0 radical (unpaired) electrons. The van der Waals surface area contributed by atoms with Crippen LogP contribution in [0.15, 0.2) is 34.9 Å². The summed E-state index contributed by atoms with van der Waals surface area (Å²) >= 11 is 0. The van der Waals surface area contributed by atoms with Gasteiger partial charge in [-0.3, -0.25) is 0 Å². The molecule has 0 saturated heterocycles. The van der Waals surface area contributed by atoms with Crippen molar-refractivity contribution in [1.29, 1.82) is 0 Å². The van der Waals surface area contributed by atoms with Crippen LogP contribution in [0, 0.1) is 6.92 Å². The molecule has 2 aromatic rings. The van der Waals surface area contributed by atoms with Gasteiger partial charge in [0, 0.05) is 12.1 Å².